The molecule has 0 spiro atoms. The molecule has 0 unspecified atom stereocenters. The van der Waals surface area contributed by atoms with E-state index in [-0.39, 0.29) is 35.0 Å². The van der Waals surface area contributed by atoms with Crippen molar-refractivity contribution in [1.82, 2.24) is 4.90 Å². The van der Waals surface area contributed by atoms with Crippen LogP contribution in [-0.2, 0) is 4.79 Å². The van der Waals surface area contributed by atoms with Crippen LogP contribution in [0.3, 0.4) is 0 Å². The lowest BCUT2D eigenvalue weighted by Crippen LogP contribution is -2.32. The summed E-state index contributed by atoms with van der Waals surface area (Å²) in [5.74, 6) is 0.353. The van der Waals surface area contributed by atoms with E-state index in [1.807, 2.05) is 31.2 Å². The zero-order chi connectivity index (χ0) is 18.7. The van der Waals surface area contributed by atoms with Crippen LogP contribution in [0.25, 0.3) is 6.08 Å². The molecule has 1 fully saturated rings. The zero-order valence-electron chi connectivity index (χ0n) is 13.9. The van der Waals surface area contributed by atoms with Crippen molar-refractivity contribution in [2.75, 3.05) is 13.2 Å². The summed E-state index contributed by atoms with van der Waals surface area (Å²) in [5, 5.41) is 9.55. The number of rotatable bonds is 5. The maximum absolute atomic E-state index is 12.5. The fraction of sp³-hybridized carbons (Fsp3) is 0.158. The molecule has 7 heteroatoms. The van der Waals surface area contributed by atoms with E-state index in [4.69, 9.17) is 4.74 Å². The van der Waals surface area contributed by atoms with Crippen LogP contribution in [-0.4, -0.2) is 34.3 Å². The van der Waals surface area contributed by atoms with Gasteiger partial charge >= 0.3 is 0 Å². The standard InChI is InChI=1S/C19H16BrNO4S/c1-12-2-5-15(6-3-12)25-9-8-21-18(23)17(26-19(21)24)11-13-10-14(20)4-7-16(13)22/h2-7,10-11,22H,8-9H2,1H3/b17-11-. The van der Waals surface area contributed by atoms with Crippen molar-refractivity contribution in [3.63, 3.8) is 0 Å². The van der Waals surface area contributed by atoms with Gasteiger partial charge in [0.25, 0.3) is 11.1 Å². The van der Waals surface area contributed by atoms with Gasteiger partial charge in [0.05, 0.1) is 11.4 Å². The molecular formula is C19H16BrNO4S. The molecule has 0 aromatic heterocycles. The Labute approximate surface area is 163 Å². The van der Waals surface area contributed by atoms with E-state index in [1.165, 1.54) is 12.1 Å². The summed E-state index contributed by atoms with van der Waals surface area (Å²) in [6.45, 7) is 2.37. The molecule has 1 heterocycles. The van der Waals surface area contributed by atoms with Gasteiger partial charge in [-0.2, -0.15) is 0 Å². The normalized spacial score (nSPS) is 15.8. The Kier molecular flexibility index (Phi) is 5.68. The van der Waals surface area contributed by atoms with Gasteiger partial charge in [-0.1, -0.05) is 33.6 Å². The Hall–Kier alpha value is -2.25. The fourth-order valence-corrected chi connectivity index (χ4v) is 3.60. The van der Waals surface area contributed by atoms with Crippen LogP contribution in [0.15, 0.2) is 51.8 Å². The maximum Gasteiger partial charge on any atom is 0.293 e. The lowest BCUT2D eigenvalue weighted by Gasteiger charge is -2.13. The van der Waals surface area contributed by atoms with Crippen LogP contribution in [0.5, 0.6) is 11.5 Å². The molecular weight excluding hydrogens is 418 g/mol. The monoisotopic (exact) mass is 433 g/mol. The first-order valence-electron chi connectivity index (χ1n) is 7.87. The minimum Gasteiger partial charge on any atom is -0.507 e. The lowest BCUT2D eigenvalue weighted by molar-refractivity contribution is -0.123. The summed E-state index contributed by atoms with van der Waals surface area (Å²) in [6, 6.07) is 12.5. The van der Waals surface area contributed by atoms with Gasteiger partial charge in [0.1, 0.15) is 18.1 Å². The molecule has 0 atom stereocenters. The summed E-state index contributed by atoms with van der Waals surface area (Å²) in [6.07, 6.45) is 1.52. The number of benzene rings is 2. The summed E-state index contributed by atoms with van der Waals surface area (Å²) in [4.78, 5) is 26.0. The predicted molar refractivity (Wildman–Crippen MR) is 105 cm³/mol. The zero-order valence-corrected chi connectivity index (χ0v) is 16.3. The highest BCUT2D eigenvalue weighted by atomic mass is 79.9. The molecule has 0 bridgehead atoms. The number of carbonyl (C=O) groups excluding carboxylic acids is 2. The molecule has 1 saturated heterocycles. The second kappa shape index (κ2) is 7.97. The minimum atomic E-state index is -0.383. The van der Waals surface area contributed by atoms with Crippen LogP contribution < -0.4 is 4.74 Å². The minimum absolute atomic E-state index is 0.0442. The summed E-state index contributed by atoms with van der Waals surface area (Å²) < 4.78 is 6.36. The van der Waals surface area contributed by atoms with E-state index in [1.54, 1.807) is 12.1 Å². The van der Waals surface area contributed by atoms with E-state index in [0.717, 1.165) is 26.7 Å². The number of aromatic hydroxyl groups is 1. The lowest BCUT2D eigenvalue weighted by atomic mass is 10.2. The summed E-state index contributed by atoms with van der Waals surface area (Å²) in [5.41, 5.74) is 1.60. The van der Waals surface area contributed by atoms with Gasteiger partial charge in [0.15, 0.2) is 0 Å². The van der Waals surface area contributed by atoms with Crippen LogP contribution in [0, 0.1) is 6.92 Å². The van der Waals surface area contributed by atoms with Gasteiger partial charge in [0, 0.05) is 10.0 Å². The van der Waals surface area contributed by atoms with Crippen LogP contribution in [0.1, 0.15) is 11.1 Å². The molecule has 3 rings (SSSR count). The molecule has 26 heavy (non-hydrogen) atoms. The van der Waals surface area contributed by atoms with Crippen LogP contribution in [0.4, 0.5) is 4.79 Å². The van der Waals surface area contributed by atoms with Gasteiger partial charge in [-0.15, -0.1) is 0 Å². The number of aryl methyl sites for hydroxylation is 1. The second-order valence-electron chi connectivity index (χ2n) is 5.70. The Balaban J connectivity index is 1.66. The molecule has 1 aliphatic heterocycles. The number of phenols is 1. The highest BCUT2D eigenvalue weighted by molar-refractivity contribution is 9.10. The summed E-state index contributed by atoms with van der Waals surface area (Å²) >= 11 is 4.18. The van der Waals surface area contributed by atoms with Crippen LogP contribution >= 0.6 is 27.7 Å². The predicted octanol–water partition coefficient (Wildman–Crippen LogP) is 4.58. The topological polar surface area (TPSA) is 66.8 Å². The van der Waals surface area contributed by atoms with Gasteiger partial charge < -0.3 is 9.84 Å². The number of imide groups is 1. The number of amides is 2. The number of carbonyl (C=O) groups is 2. The third-order valence-electron chi connectivity index (χ3n) is 3.75. The Morgan fingerprint density at radius 2 is 1.92 bits per heavy atom. The smallest absolute Gasteiger partial charge is 0.293 e. The molecule has 2 amide bonds. The molecule has 2 aromatic rings. The van der Waals surface area contributed by atoms with Crippen molar-refractivity contribution in [2.45, 2.75) is 6.92 Å². The van der Waals surface area contributed by atoms with Crippen molar-refractivity contribution in [2.24, 2.45) is 0 Å². The van der Waals surface area contributed by atoms with Gasteiger partial charge in [-0.3, -0.25) is 14.5 Å². The Morgan fingerprint density at radius 1 is 1.19 bits per heavy atom. The van der Waals surface area contributed by atoms with Gasteiger partial charge in [-0.05, 0) is 55.1 Å². The molecule has 134 valence electrons. The molecule has 0 saturated carbocycles. The Bertz CT molecular complexity index is 880. The third-order valence-corrected chi connectivity index (χ3v) is 5.16. The molecule has 1 aliphatic rings. The molecule has 0 aliphatic carbocycles. The van der Waals surface area contributed by atoms with Gasteiger partial charge in [-0.25, -0.2) is 0 Å². The number of ether oxygens (including phenoxy) is 1. The number of halogens is 1. The molecule has 0 radical (unpaired) electrons. The van der Waals surface area contributed by atoms with Crippen molar-refractivity contribution in [3.05, 3.63) is 63.0 Å². The van der Waals surface area contributed by atoms with E-state index in [9.17, 15) is 14.7 Å². The number of hydrogen-bond donors (Lipinski definition) is 1. The maximum atomic E-state index is 12.5. The van der Waals surface area contributed by atoms with Crippen molar-refractivity contribution < 1.29 is 19.4 Å². The highest BCUT2D eigenvalue weighted by Crippen LogP contribution is 2.34. The largest absolute Gasteiger partial charge is 0.507 e. The first kappa shape index (κ1) is 18.5. The van der Waals surface area contributed by atoms with E-state index in [0.29, 0.717) is 11.3 Å². The number of thioether (sulfide) groups is 1. The SMILES string of the molecule is Cc1ccc(OCCN2C(=O)S/C(=C\c3cc(Br)ccc3O)C2=O)cc1. The Morgan fingerprint density at radius 3 is 2.65 bits per heavy atom. The van der Waals surface area contributed by atoms with E-state index in [2.05, 4.69) is 15.9 Å². The van der Waals surface area contributed by atoms with Crippen molar-refractivity contribution in [3.8, 4) is 11.5 Å². The number of phenolic OH excluding ortho intramolecular Hbond substituents is 1. The number of nitrogens with zero attached hydrogens (tertiary/aromatic N) is 1. The quantitative estimate of drug-likeness (QED) is 0.698. The molecule has 1 N–H and O–H groups in total. The van der Waals surface area contributed by atoms with Crippen molar-refractivity contribution >= 4 is 44.9 Å². The average molecular weight is 434 g/mol. The second-order valence-corrected chi connectivity index (χ2v) is 7.61. The molecule has 2 aromatic carbocycles. The first-order valence-corrected chi connectivity index (χ1v) is 9.48. The van der Waals surface area contributed by atoms with E-state index >= 15 is 0 Å². The highest BCUT2D eigenvalue weighted by Gasteiger charge is 2.34. The van der Waals surface area contributed by atoms with Crippen molar-refractivity contribution in [1.29, 1.82) is 0 Å². The van der Waals surface area contributed by atoms with Gasteiger partial charge in [0.2, 0.25) is 0 Å². The fourth-order valence-electron chi connectivity index (χ4n) is 2.36. The summed E-state index contributed by atoms with van der Waals surface area (Å²) in [7, 11) is 0. The van der Waals surface area contributed by atoms with E-state index < -0.39 is 0 Å². The van der Waals surface area contributed by atoms with Crippen LogP contribution in [0.2, 0.25) is 0 Å². The number of hydrogen-bond acceptors (Lipinski definition) is 5. The average Bonchev–Trinajstić information content (AvgIpc) is 2.87. The third kappa shape index (κ3) is 4.28. The first-order chi connectivity index (χ1) is 12.4. The molecule has 5 nitrogen and oxygen atoms in total.